The molecule has 3 heteroatoms. The summed E-state index contributed by atoms with van der Waals surface area (Å²) in [5, 5.41) is 11.2. The van der Waals surface area contributed by atoms with Crippen LogP contribution in [-0.4, -0.2) is 16.5 Å². The fourth-order valence-corrected chi connectivity index (χ4v) is 3.72. The molecule has 112 valence electrons. The smallest absolute Gasteiger partial charge is 0.195 e. The zero-order chi connectivity index (χ0) is 15.8. The lowest BCUT2D eigenvalue weighted by molar-refractivity contribution is -0.0315. The highest BCUT2D eigenvalue weighted by Gasteiger charge is 2.53. The van der Waals surface area contributed by atoms with Gasteiger partial charge in [-0.3, -0.25) is 4.79 Å². The van der Waals surface area contributed by atoms with Crippen molar-refractivity contribution in [2.75, 3.05) is 0 Å². The van der Waals surface area contributed by atoms with E-state index < -0.39 is 11.0 Å². The minimum absolute atomic E-state index is 0.204. The van der Waals surface area contributed by atoms with Crippen molar-refractivity contribution in [3.63, 3.8) is 0 Å². The van der Waals surface area contributed by atoms with Crippen LogP contribution < -0.4 is 0 Å². The van der Waals surface area contributed by atoms with E-state index in [0.29, 0.717) is 12.0 Å². The number of hydrogen-bond acceptors (Lipinski definition) is 2. The molecule has 0 saturated heterocycles. The molecule has 0 saturated carbocycles. The first kappa shape index (κ1) is 16.4. The molecule has 0 heterocycles. The number of Topliss-reactive ketones (excluding diaryl/α,β-unsaturated/α-hetero) is 1. The Labute approximate surface area is 140 Å². The molecule has 1 aromatic carbocycles. The number of rotatable bonds is 3. The highest BCUT2D eigenvalue weighted by atomic mass is 127. The van der Waals surface area contributed by atoms with E-state index in [4.69, 9.17) is 0 Å². The van der Waals surface area contributed by atoms with Crippen molar-refractivity contribution in [2.45, 2.75) is 39.2 Å². The Kier molecular flexibility index (Phi) is 4.45. The molecule has 0 spiro atoms. The van der Waals surface area contributed by atoms with Crippen LogP contribution in [0.5, 0.6) is 0 Å². The lowest BCUT2D eigenvalue weighted by atomic mass is 9.64. The summed E-state index contributed by atoms with van der Waals surface area (Å²) in [5.41, 5.74) is 0.624. The van der Waals surface area contributed by atoms with Crippen LogP contribution in [0.1, 0.15) is 49.5 Å². The van der Waals surface area contributed by atoms with Crippen LogP contribution in [-0.2, 0) is 0 Å². The number of hydrogen-bond donors (Lipinski definition) is 1. The van der Waals surface area contributed by atoms with Crippen molar-refractivity contribution in [2.24, 2.45) is 5.41 Å². The Morgan fingerprint density at radius 1 is 1.38 bits per heavy atom. The van der Waals surface area contributed by atoms with E-state index in [1.807, 2.05) is 32.0 Å². The third-order valence-corrected chi connectivity index (χ3v) is 6.89. The fourth-order valence-electron chi connectivity index (χ4n) is 3.01. The summed E-state index contributed by atoms with van der Waals surface area (Å²) in [7, 11) is 0. The van der Waals surface area contributed by atoms with Gasteiger partial charge in [-0.1, -0.05) is 56.3 Å². The molecule has 2 rings (SSSR count). The first-order valence-electron chi connectivity index (χ1n) is 7.10. The van der Waals surface area contributed by atoms with Crippen molar-refractivity contribution in [1.29, 1.82) is 0 Å². The molecule has 0 radical (unpaired) electrons. The number of aliphatic hydroxyl groups is 1. The fraction of sp³-hybridized carbons (Fsp3) is 0.389. The molecule has 0 fully saturated rings. The van der Waals surface area contributed by atoms with Crippen molar-refractivity contribution in [3.8, 4) is 0 Å². The van der Waals surface area contributed by atoms with E-state index in [1.54, 1.807) is 12.1 Å². The summed E-state index contributed by atoms with van der Waals surface area (Å²) in [6.07, 6.45) is 2.88. The van der Waals surface area contributed by atoms with Crippen LogP contribution in [0.25, 0.3) is 6.08 Å². The third-order valence-electron chi connectivity index (χ3n) is 4.62. The molecule has 2 nitrogen and oxygen atoms in total. The predicted molar refractivity (Wildman–Crippen MR) is 95.5 cm³/mol. The van der Waals surface area contributed by atoms with Gasteiger partial charge < -0.3 is 5.11 Å². The zero-order valence-corrected chi connectivity index (χ0v) is 14.9. The summed E-state index contributed by atoms with van der Waals surface area (Å²) in [4.78, 5) is 13.0. The number of carbonyl (C=O) groups is 1. The van der Waals surface area contributed by atoms with Crippen molar-refractivity contribution < 1.29 is 9.90 Å². The zero-order valence-electron chi connectivity index (χ0n) is 12.7. The molecule has 0 aromatic heterocycles. The average molecular weight is 396 g/mol. The number of allylic oxidation sites excluding steroid dienone is 1. The van der Waals surface area contributed by atoms with Gasteiger partial charge in [0.25, 0.3) is 0 Å². The van der Waals surface area contributed by atoms with E-state index >= 15 is 0 Å². The molecular weight excluding hydrogens is 375 g/mol. The standard InChI is InChI=1S/C18H21IO2/c1-5-13-8-6-7-9-14(13)16(20)18(21)11-10-12(2)15(19)17(18,3)4/h5-9,21H,1,10-11H2,2-4H3/t18-/m1/s1. The Morgan fingerprint density at radius 2 is 2.00 bits per heavy atom. The monoisotopic (exact) mass is 396 g/mol. The quantitative estimate of drug-likeness (QED) is 0.590. The lowest BCUT2D eigenvalue weighted by Crippen LogP contribution is -2.53. The Hall–Kier alpha value is -0.940. The van der Waals surface area contributed by atoms with Gasteiger partial charge in [0.05, 0.1) is 0 Å². The normalized spacial score (nSPS) is 24.8. The van der Waals surface area contributed by atoms with E-state index in [2.05, 4.69) is 36.1 Å². The summed E-state index contributed by atoms with van der Waals surface area (Å²) in [6, 6.07) is 7.32. The van der Waals surface area contributed by atoms with E-state index in [-0.39, 0.29) is 5.78 Å². The van der Waals surface area contributed by atoms with E-state index in [0.717, 1.165) is 15.6 Å². The second-order valence-electron chi connectivity index (χ2n) is 6.20. The van der Waals surface area contributed by atoms with Crippen molar-refractivity contribution >= 4 is 34.5 Å². The minimum atomic E-state index is -1.37. The van der Waals surface area contributed by atoms with Gasteiger partial charge in [0, 0.05) is 11.0 Å². The van der Waals surface area contributed by atoms with Crippen LogP contribution in [0.4, 0.5) is 0 Å². The second-order valence-corrected chi connectivity index (χ2v) is 7.28. The molecule has 21 heavy (non-hydrogen) atoms. The largest absolute Gasteiger partial charge is 0.381 e. The number of halogens is 1. The van der Waals surface area contributed by atoms with Gasteiger partial charge in [-0.05, 0) is 51.5 Å². The van der Waals surface area contributed by atoms with Crippen molar-refractivity contribution in [3.05, 3.63) is 51.1 Å². The van der Waals surface area contributed by atoms with Crippen LogP contribution in [0.3, 0.4) is 0 Å². The summed E-state index contributed by atoms with van der Waals surface area (Å²) in [5.74, 6) is -0.204. The number of carbonyl (C=O) groups excluding carboxylic acids is 1. The molecule has 0 bridgehead atoms. The van der Waals surface area contributed by atoms with Crippen LogP contribution >= 0.6 is 22.6 Å². The molecule has 0 aliphatic heterocycles. The highest BCUT2D eigenvalue weighted by molar-refractivity contribution is 14.1. The van der Waals surface area contributed by atoms with Crippen molar-refractivity contribution in [1.82, 2.24) is 0 Å². The molecule has 1 N–H and O–H groups in total. The molecule has 1 aromatic rings. The van der Waals surface area contributed by atoms with Gasteiger partial charge in [-0.15, -0.1) is 0 Å². The van der Waals surface area contributed by atoms with Gasteiger partial charge in [0.2, 0.25) is 0 Å². The topological polar surface area (TPSA) is 37.3 Å². The van der Waals surface area contributed by atoms with E-state index in [1.165, 1.54) is 5.57 Å². The lowest BCUT2D eigenvalue weighted by Gasteiger charge is -2.45. The molecule has 1 aliphatic rings. The van der Waals surface area contributed by atoms with Gasteiger partial charge in [0.15, 0.2) is 5.78 Å². The highest BCUT2D eigenvalue weighted by Crippen LogP contribution is 2.51. The minimum Gasteiger partial charge on any atom is -0.381 e. The van der Waals surface area contributed by atoms with Gasteiger partial charge in [-0.25, -0.2) is 0 Å². The maximum absolute atomic E-state index is 13.0. The third kappa shape index (κ3) is 2.50. The summed E-state index contributed by atoms with van der Waals surface area (Å²) >= 11 is 2.27. The molecular formula is C18H21IO2. The first-order chi connectivity index (χ1) is 9.75. The molecule has 0 unspecified atom stereocenters. The summed E-state index contributed by atoms with van der Waals surface area (Å²) < 4.78 is 1.08. The summed E-state index contributed by atoms with van der Waals surface area (Å²) in [6.45, 7) is 9.74. The first-order valence-corrected chi connectivity index (χ1v) is 8.18. The maximum atomic E-state index is 13.0. The van der Waals surface area contributed by atoms with Crippen LogP contribution in [0, 0.1) is 5.41 Å². The SMILES string of the molecule is C=Cc1ccccc1C(=O)[C@]1(O)CCC(C)=C(I)C1(C)C. The van der Waals surface area contributed by atoms with Gasteiger partial charge in [-0.2, -0.15) is 0 Å². The van der Waals surface area contributed by atoms with Gasteiger partial charge >= 0.3 is 0 Å². The van der Waals surface area contributed by atoms with Gasteiger partial charge in [0.1, 0.15) is 5.60 Å². The Balaban J connectivity index is 2.55. The number of benzene rings is 1. The maximum Gasteiger partial charge on any atom is 0.195 e. The Bertz CT molecular complexity index is 628. The predicted octanol–water partition coefficient (Wildman–Crippen LogP) is 4.77. The molecule has 1 aliphatic carbocycles. The molecule has 0 amide bonds. The average Bonchev–Trinajstić information content (AvgIpc) is 2.49. The number of ketones is 1. The van der Waals surface area contributed by atoms with Crippen LogP contribution in [0.15, 0.2) is 40.0 Å². The second kappa shape index (κ2) is 5.69. The Morgan fingerprint density at radius 3 is 2.62 bits per heavy atom. The molecule has 1 atom stereocenters. The van der Waals surface area contributed by atoms with E-state index in [9.17, 15) is 9.90 Å². The van der Waals surface area contributed by atoms with Crippen LogP contribution in [0.2, 0.25) is 0 Å².